The average Bonchev–Trinajstić information content (AvgIpc) is 3.00. The Labute approximate surface area is 175 Å². The van der Waals surface area contributed by atoms with Gasteiger partial charge in [-0.1, -0.05) is 6.07 Å². The zero-order valence-electron chi connectivity index (χ0n) is 17.9. The third kappa shape index (κ3) is 4.54. The molecule has 0 radical (unpaired) electrons. The van der Waals surface area contributed by atoms with Gasteiger partial charge in [-0.15, -0.1) is 0 Å². The summed E-state index contributed by atoms with van der Waals surface area (Å²) < 4.78 is 27.1. The molecule has 0 saturated heterocycles. The predicted molar refractivity (Wildman–Crippen MR) is 113 cm³/mol. The van der Waals surface area contributed by atoms with Crippen LogP contribution < -0.4 is 20.5 Å². The van der Waals surface area contributed by atoms with Gasteiger partial charge in [0.05, 0.1) is 18.4 Å². The number of benzene rings is 1. The van der Waals surface area contributed by atoms with Gasteiger partial charge in [0, 0.05) is 18.3 Å². The maximum Gasteiger partial charge on any atom is 0.270 e. The molecule has 2 heterocycles. The van der Waals surface area contributed by atoms with Crippen molar-refractivity contribution in [3.63, 3.8) is 0 Å². The molecule has 0 spiro atoms. The molecular weight excluding hydrogens is 387 g/mol. The molecule has 0 bridgehead atoms. The Balaban J connectivity index is 1.95. The number of nitrogens with zero attached hydrogens (tertiary/aromatic N) is 2. The summed E-state index contributed by atoms with van der Waals surface area (Å²) in [6.07, 6.45) is 1.81. The highest BCUT2D eigenvalue weighted by Crippen LogP contribution is 2.27. The predicted octanol–water partition coefficient (Wildman–Crippen LogP) is 3.14. The first kappa shape index (κ1) is 21.6. The molecule has 0 aliphatic heterocycles. The molecule has 3 aromatic rings. The number of methoxy groups -OCH3 is 1. The first-order valence-electron chi connectivity index (χ1n) is 9.61. The molecular formula is C22H27FN4O3. The number of nitrogens with one attached hydrogen (secondary N) is 1. The normalized spacial score (nSPS) is 11.6. The van der Waals surface area contributed by atoms with Crippen molar-refractivity contribution in [2.24, 2.45) is 5.73 Å². The maximum absolute atomic E-state index is 14.2. The zero-order chi connectivity index (χ0) is 22.1. The Bertz CT molecular complexity index is 1090. The van der Waals surface area contributed by atoms with E-state index in [0.29, 0.717) is 40.6 Å². The Morgan fingerprint density at radius 2 is 2.03 bits per heavy atom. The van der Waals surface area contributed by atoms with E-state index in [1.54, 1.807) is 29.5 Å². The van der Waals surface area contributed by atoms with E-state index in [4.69, 9.17) is 15.2 Å². The Kier molecular flexibility index (Phi) is 5.98. The largest absolute Gasteiger partial charge is 0.496 e. The van der Waals surface area contributed by atoms with E-state index in [-0.39, 0.29) is 12.5 Å². The number of aromatic nitrogens is 2. The molecule has 1 amide bonds. The van der Waals surface area contributed by atoms with Gasteiger partial charge in [-0.2, -0.15) is 0 Å². The van der Waals surface area contributed by atoms with Crippen LogP contribution >= 0.6 is 0 Å². The molecule has 0 aliphatic carbocycles. The minimum atomic E-state index is -0.535. The zero-order valence-corrected chi connectivity index (χ0v) is 17.9. The van der Waals surface area contributed by atoms with Gasteiger partial charge in [0.25, 0.3) is 5.91 Å². The summed E-state index contributed by atoms with van der Waals surface area (Å²) in [5, 5.41) is 2.85. The van der Waals surface area contributed by atoms with Crippen molar-refractivity contribution in [1.29, 1.82) is 0 Å². The number of nitrogens with two attached hydrogens (primary N) is 1. The molecule has 2 aromatic heterocycles. The molecule has 0 fully saturated rings. The van der Waals surface area contributed by atoms with Crippen LogP contribution in [0.2, 0.25) is 0 Å². The molecule has 30 heavy (non-hydrogen) atoms. The summed E-state index contributed by atoms with van der Waals surface area (Å²) in [5.41, 5.74) is 8.05. The average molecular weight is 414 g/mol. The minimum absolute atomic E-state index is 0.0379. The Morgan fingerprint density at radius 1 is 1.30 bits per heavy atom. The number of amides is 1. The topological polar surface area (TPSA) is 90.9 Å². The lowest BCUT2D eigenvalue weighted by atomic mass is 10.1. The van der Waals surface area contributed by atoms with Gasteiger partial charge in [0.1, 0.15) is 23.9 Å². The third-order valence-corrected chi connectivity index (χ3v) is 4.58. The standard InChI is InChI=1S/C22H27FN4O3/c1-13-9-18(30-11-15-16(23)7-6-8-17(15)29-5)20-26-14(2)19(27(20)10-13)21(28)25-12-22(3,4)24/h6-10H,11-12,24H2,1-5H3,(H,25,28). The van der Waals surface area contributed by atoms with E-state index in [2.05, 4.69) is 10.3 Å². The third-order valence-electron chi connectivity index (χ3n) is 4.58. The fourth-order valence-electron chi connectivity index (χ4n) is 3.15. The van der Waals surface area contributed by atoms with Crippen LogP contribution in [0.15, 0.2) is 30.5 Å². The highest BCUT2D eigenvalue weighted by atomic mass is 19.1. The second-order valence-corrected chi connectivity index (χ2v) is 8.00. The van der Waals surface area contributed by atoms with Gasteiger partial charge in [-0.05, 0) is 51.5 Å². The number of imidazole rings is 1. The number of rotatable bonds is 7. The van der Waals surface area contributed by atoms with Gasteiger partial charge in [0.15, 0.2) is 11.4 Å². The van der Waals surface area contributed by atoms with Crippen molar-refractivity contribution in [3.05, 3.63) is 58.8 Å². The van der Waals surface area contributed by atoms with Crippen LogP contribution in [0.4, 0.5) is 4.39 Å². The highest BCUT2D eigenvalue weighted by Gasteiger charge is 2.21. The second kappa shape index (κ2) is 8.31. The number of pyridine rings is 1. The van der Waals surface area contributed by atoms with E-state index >= 15 is 0 Å². The van der Waals surface area contributed by atoms with E-state index in [1.165, 1.54) is 13.2 Å². The van der Waals surface area contributed by atoms with Gasteiger partial charge in [-0.3, -0.25) is 9.20 Å². The van der Waals surface area contributed by atoms with E-state index < -0.39 is 11.4 Å². The van der Waals surface area contributed by atoms with Gasteiger partial charge >= 0.3 is 0 Å². The summed E-state index contributed by atoms with van der Waals surface area (Å²) in [7, 11) is 1.48. The lowest BCUT2D eigenvalue weighted by Crippen LogP contribution is -2.45. The SMILES string of the molecule is COc1cccc(F)c1COc1cc(C)cn2c(C(=O)NCC(C)(C)N)c(C)nc12. The summed E-state index contributed by atoms with van der Waals surface area (Å²) in [6, 6.07) is 6.41. The molecule has 7 nitrogen and oxygen atoms in total. The molecule has 8 heteroatoms. The van der Waals surface area contributed by atoms with Gasteiger partial charge < -0.3 is 20.5 Å². The van der Waals surface area contributed by atoms with Crippen LogP contribution in [0.25, 0.3) is 5.65 Å². The van der Waals surface area contributed by atoms with Crippen molar-refractivity contribution in [2.75, 3.05) is 13.7 Å². The van der Waals surface area contributed by atoms with E-state index in [0.717, 1.165) is 5.56 Å². The van der Waals surface area contributed by atoms with Crippen molar-refractivity contribution < 1.29 is 18.7 Å². The summed E-state index contributed by atoms with van der Waals surface area (Å²) in [5.74, 6) is 0.164. The number of aryl methyl sites for hydroxylation is 2. The summed E-state index contributed by atoms with van der Waals surface area (Å²) in [4.78, 5) is 17.3. The highest BCUT2D eigenvalue weighted by molar-refractivity contribution is 5.95. The molecule has 160 valence electrons. The maximum atomic E-state index is 14.2. The minimum Gasteiger partial charge on any atom is -0.496 e. The smallest absolute Gasteiger partial charge is 0.270 e. The molecule has 3 rings (SSSR count). The quantitative estimate of drug-likeness (QED) is 0.620. The fourth-order valence-corrected chi connectivity index (χ4v) is 3.15. The van der Waals surface area contributed by atoms with Gasteiger partial charge in [0.2, 0.25) is 0 Å². The number of fused-ring (bicyclic) bond motifs is 1. The number of hydrogen-bond acceptors (Lipinski definition) is 5. The molecule has 0 aliphatic rings. The summed E-state index contributed by atoms with van der Waals surface area (Å²) >= 11 is 0. The number of ether oxygens (including phenoxy) is 2. The van der Waals surface area contributed by atoms with Crippen LogP contribution in [0.5, 0.6) is 11.5 Å². The molecule has 0 unspecified atom stereocenters. The molecule has 0 saturated carbocycles. The first-order valence-corrected chi connectivity index (χ1v) is 9.61. The number of halogens is 1. The fraction of sp³-hybridized carbons (Fsp3) is 0.364. The number of carbonyl (C=O) groups excluding carboxylic acids is 1. The van der Waals surface area contributed by atoms with E-state index in [1.807, 2.05) is 27.0 Å². The van der Waals surface area contributed by atoms with Crippen molar-refractivity contribution in [2.45, 2.75) is 39.8 Å². The Hall–Kier alpha value is -3.13. The van der Waals surface area contributed by atoms with Crippen molar-refractivity contribution >= 4 is 11.6 Å². The Morgan fingerprint density at radius 3 is 2.70 bits per heavy atom. The van der Waals surface area contributed by atoms with Crippen molar-refractivity contribution in [3.8, 4) is 11.5 Å². The molecule has 3 N–H and O–H groups in total. The lowest BCUT2D eigenvalue weighted by molar-refractivity contribution is 0.0939. The van der Waals surface area contributed by atoms with Crippen LogP contribution in [0.3, 0.4) is 0 Å². The molecule has 0 atom stereocenters. The van der Waals surface area contributed by atoms with Crippen molar-refractivity contribution in [1.82, 2.24) is 14.7 Å². The lowest BCUT2D eigenvalue weighted by Gasteiger charge is -2.19. The monoisotopic (exact) mass is 414 g/mol. The first-order chi connectivity index (χ1) is 14.1. The number of carbonyl (C=O) groups is 1. The van der Waals surface area contributed by atoms with Crippen LogP contribution in [-0.2, 0) is 6.61 Å². The van der Waals surface area contributed by atoms with Crippen LogP contribution in [-0.4, -0.2) is 34.5 Å². The van der Waals surface area contributed by atoms with Crippen LogP contribution in [0.1, 0.15) is 41.2 Å². The van der Waals surface area contributed by atoms with Crippen LogP contribution in [0, 0.1) is 19.7 Å². The van der Waals surface area contributed by atoms with Gasteiger partial charge in [-0.25, -0.2) is 9.37 Å². The molecule has 1 aromatic carbocycles. The number of hydrogen-bond donors (Lipinski definition) is 2. The summed E-state index contributed by atoms with van der Waals surface area (Å²) in [6.45, 7) is 7.60. The second-order valence-electron chi connectivity index (χ2n) is 8.00. The van der Waals surface area contributed by atoms with E-state index in [9.17, 15) is 9.18 Å².